The Morgan fingerprint density at radius 1 is 1.00 bits per heavy atom. The van der Waals surface area contributed by atoms with E-state index in [0.717, 1.165) is 59.3 Å². The summed E-state index contributed by atoms with van der Waals surface area (Å²) >= 11 is 0. The Balaban J connectivity index is 1.76. The van der Waals surface area contributed by atoms with Gasteiger partial charge >= 0.3 is 0 Å². The zero-order valence-electron chi connectivity index (χ0n) is 21.2. The Hall–Kier alpha value is -4.00. The summed E-state index contributed by atoms with van der Waals surface area (Å²) in [5, 5.41) is 17.8. The van der Waals surface area contributed by atoms with Crippen molar-refractivity contribution in [3.63, 3.8) is 0 Å². The zero-order chi connectivity index (χ0) is 25.3. The number of unbranched alkanes of at least 4 members (excludes halogenated alkanes) is 1. The number of carbonyl (C=O) groups is 1. The summed E-state index contributed by atoms with van der Waals surface area (Å²) in [6.45, 7) is 6.87. The van der Waals surface area contributed by atoms with Gasteiger partial charge in [-0.25, -0.2) is 0 Å². The number of benzene rings is 3. The zero-order valence-corrected chi connectivity index (χ0v) is 21.2. The first kappa shape index (κ1) is 25.1. The van der Waals surface area contributed by atoms with Crippen LogP contribution in [0.2, 0.25) is 0 Å². The van der Waals surface area contributed by atoms with Crippen LogP contribution in [0.5, 0.6) is 5.75 Å². The summed E-state index contributed by atoms with van der Waals surface area (Å²) in [7, 11) is 0. The number of ether oxygens (including phenoxy) is 1. The molecule has 0 atom stereocenters. The Morgan fingerprint density at radius 2 is 1.78 bits per heavy atom. The molecule has 0 aliphatic heterocycles. The monoisotopic (exact) mass is 483 g/mol. The van der Waals surface area contributed by atoms with Gasteiger partial charge in [0, 0.05) is 5.56 Å². The minimum Gasteiger partial charge on any atom is -0.491 e. The number of aromatic nitrogens is 4. The molecule has 2 N–H and O–H groups in total. The third kappa shape index (κ3) is 6.16. The molecule has 7 nitrogen and oxygen atoms in total. The predicted molar refractivity (Wildman–Crippen MR) is 143 cm³/mol. The molecule has 36 heavy (non-hydrogen) atoms. The van der Waals surface area contributed by atoms with E-state index in [1.807, 2.05) is 61.5 Å². The third-order valence-electron chi connectivity index (χ3n) is 6.00. The van der Waals surface area contributed by atoms with Crippen molar-refractivity contribution in [1.82, 2.24) is 20.6 Å². The standard InChI is InChI=1S/C29H33N5O2/c1-4-6-9-22-18-23(24-10-7-8-11-25(24)29-31-33-34-32-29)19-26(28(22)36-16-5-2)30-27(35)17-21-14-12-20(3)13-15-21/h7-8,10-15,18-19H,4-6,9,16-17H2,1-3H3,(H,30,35)(H,31,32,33,34). The van der Waals surface area contributed by atoms with Crippen molar-refractivity contribution in [2.75, 3.05) is 11.9 Å². The van der Waals surface area contributed by atoms with Gasteiger partial charge in [0.1, 0.15) is 5.75 Å². The van der Waals surface area contributed by atoms with Crippen LogP contribution in [-0.4, -0.2) is 33.1 Å². The minimum atomic E-state index is -0.0785. The number of rotatable bonds is 11. The molecule has 1 heterocycles. The van der Waals surface area contributed by atoms with Gasteiger partial charge in [0.25, 0.3) is 0 Å². The van der Waals surface area contributed by atoms with Crippen LogP contribution in [0.3, 0.4) is 0 Å². The molecule has 0 unspecified atom stereocenters. The highest BCUT2D eigenvalue weighted by Gasteiger charge is 2.18. The lowest BCUT2D eigenvalue weighted by atomic mass is 9.94. The molecule has 4 aromatic rings. The third-order valence-corrected chi connectivity index (χ3v) is 6.00. The smallest absolute Gasteiger partial charge is 0.228 e. The van der Waals surface area contributed by atoms with E-state index < -0.39 is 0 Å². The van der Waals surface area contributed by atoms with E-state index >= 15 is 0 Å². The highest BCUT2D eigenvalue weighted by molar-refractivity contribution is 5.95. The molecule has 0 fully saturated rings. The maximum Gasteiger partial charge on any atom is 0.228 e. The van der Waals surface area contributed by atoms with Gasteiger partial charge in [0.15, 0.2) is 0 Å². The lowest BCUT2D eigenvalue weighted by Crippen LogP contribution is -2.16. The van der Waals surface area contributed by atoms with Crippen molar-refractivity contribution >= 4 is 11.6 Å². The first-order chi connectivity index (χ1) is 17.6. The molecule has 0 radical (unpaired) electrons. The Bertz CT molecular complexity index is 1280. The summed E-state index contributed by atoms with van der Waals surface area (Å²) in [5.74, 6) is 1.20. The van der Waals surface area contributed by atoms with E-state index in [-0.39, 0.29) is 5.91 Å². The van der Waals surface area contributed by atoms with E-state index in [0.29, 0.717) is 24.5 Å². The SMILES string of the molecule is CCCCc1cc(-c2ccccc2-c2nn[nH]n2)cc(NC(=O)Cc2ccc(C)cc2)c1OCCC. The summed E-state index contributed by atoms with van der Waals surface area (Å²) in [5.41, 5.74) is 6.71. The van der Waals surface area contributed by atoms with Crippen LogP contribution in [0.25, 0.3) is 22.5 Å². The molecular formula is C29H33N5O2. The molecular weight excluding hydrogens is 450 g/mol. The van der Waals surface area contributed by atoms with Crippen molar-refractivity contribution in [2.24, 2.45) is 0 Å². The van der Waals surface area contributed by atoms with Gasteiger partial charge < -0.3 is 10.1 Å². The lowest BCUT2D eigenvalue weighted by molar-refractivity contribution is -0.115. The lowest BCUT2D eigenvalue weighted by Gasteiger charge is -2.19. The Kier molecular flexibility index (Phi) is 8.44. The van der Waals surface area contributed by atoms with Crippen LogP contribution in [-0.2, 0) is 17.6 Å². The van der Waals surface area contributed by atoms with Crippen molar-refractivity contribution in [3.05, 3.63) is 77.4 Å². The van der Waals surface area contributed by atoms with Gasteiger partial charge in [-0.05, 0) is 65.8 Å². The second kappa shape index (κ2) is 12.1. The first-order valence-corrected chi connectivity index (χ1v) is 12.6. The van der Waals surface area contributed by atoms with Crippen LogP contribution in [0.15, 0.2) is 60.7 Å². The fourth-order valence-electron chi connectivity index (χ4n) is 4.16. The summed E-state index contributed by atoms with van der Waals surface area (Å²) in [6.07, 6.45) is 4.11. The predicted octanol–water partition coefficient (Wildman–Crippen LogP) is 6.15. The van der Waals surface area contributed by atoms with Crippen LogP contribution in [0.1, 0.15) is 49.8 Å². The Labute approximate surface area is 212 Å². The number of hydrogen-bond acceptors (Lipinski definition) is 5. The Morgan fingerprint density at radius 3 is 2.47 bits per heavy atom. The van der Waals surface area contributed by atoms with Crippen LogP contribution in [0, 0.1) is 6.92 Å². The van der Waals surface area contributed by atoms with E-state index in [9.17, 15) is 4.79 Å². The molecule has 3 aromatic carbocycles. The van der Waals surface area contributed by atoms with E-state index in [4.69, 9.17) is 4.74 Å². The number of amides is 1. The largest absolute Gasteiger partial charge is 0.491 e. The maximum atomic E-state index is 13.1. The summed E-state index contributed by atoms with van der Waals surface area (Å²) in [6, 6.07) is 20.1. The molecule has 0 spiro atoms. The number of nitrogens with one attached hydrogen (secondary N) is 2. The van der Waals surface area contributed by atoms with E-state index in [2.05, 4.69) is 45.9 Å². The first-order valence-electron chi connectivity index (χ1n) is 12.6. The minimum absolute atomic E-state index is 0.0785. The average molecular weight is 484 g/mol. The van der Waals surface area contributed by atoms with Gasteiger partial charge in [-0.1, -0.05) is 74.4 Å². The summed E-state index contributed by atoms with van der Waals surface area (Å²) in [4.78, 5) is 13.1. The molecule has 1 amide bonds. The number of nitrogens with zero attached hydrogens (tertiary/aromatic N) is 3. The van der Waals surface area contributed by atoms with E-state index in [1.54, 1.807) is 0 Å². The molecule has 4 rings (SSSR count). The van der Waals surface area contributed by atoms with Gasteiger partial charge in [-0.3, -0.25) is 4.79 Å². The van der Waals surface area contributed by atoms with Crippen LogP contribution < -0.4 is 10.1 Å². The number of aromatic amines is 1. The van der Waals surface area contributed by atoms with Crippen molar-refractivity contribution in [3.8, 4) is 28.3 Å². The maximum absolute atomic E-state index is 13.1. The molecule has 0 saturated carbocycles. The number of H-pyrrole nitrogens is 1. The molecule has 0 aliphatic rings. The van der Waals surface area contributed by atoms with Gasteiger partial charge in [-0.2, -0.15) is 5.21 Å². The molecule has 186 valence electrons. The molecule has 0 saturated heterocycles. The van der Waals surface area contributed by atoms with Crippen molar-refractivity contribution in [2.45, 2.75) is 52.9 Å². The molecule has 7 heteroatoms. The second-order valence-electron chi connectivity index (χ2n) is 8.96. The highest BCUT2D eigenvalue weighted by Crippen LogP contribution is 2.39. The van der Waals surface area contributed by atoms with Gasteiger partial charge in [0.2, 0.25) is 11.7 Å². The van der Waals surface area contributed by atoms with Gasteiger partial charge in [-0.15, -0.1) is 10.2 Å². The quantitative estimate of drug-likeness (QED) is 0.267. The molecule has 1 aromatic heterocycles. The number of anilines is 1. The normalized spacial score (nSPS) is 10.9. The fourth-order valence-corrected chi connectivity index (χ4v) is 4.16. The number of hydrogen-bond donors (Lipinski definition) is 2. The van der Waals surface area contributed by atoms with Crippen LogP contribution in [0.4, 0.5) is 5.69 Å². The summed E-state index contributed by atoms with van der Waals surface area (Å²) < 4.78 is 6.22. The van der Waals surface area contributed by atoms with Crippen molar-refractivity contribution in [1.29, 1.82) is 0 Å². The van der Waals surface area contributed by atoms with Crippen molar-refractivity contribution < 1.29 is 9.53 Å². The van der Waals surface area contributed by atoms with Crippen LogP contribution >= 0.6 is 0 Å². The molecule has 0 bridgehead atoms. The second-order valence-corrected chi connectivity index (χ2v) is 8.96. The highest BCUT2D eigenvalue weighted by atomic mass is 16.5. The van der Waals surface area contributed by atoms with E-state index in [1.165, 1.54) is 5.56 Å². The topological polar surface area (TPSA) is 92.8 Å². The van der Waals surface area contributed by atoms with Gasteiger partial charge in [0.05, 0.1) is 18.7 Å². The number of carbonyl (C=O) groups excluding carboxylic acids is 1. The molecule has 0 aliphatic carbocycles. The number of aryl methyl sites for hydroxylation is 2. The average Bonchev–Trinajstić information content (AvgIpc) is 3.43. The fraction of sp³-hybridized carbons (Fsp3) is 0.310. The number of tetrazole rings is 1.